The van der Waals surface area contributed by atoms with Gasteiger partial charge >= 0.3 is 0 Å². The molecule has 0 unspecified atom stereocenters. The minimum atomic E-state index is -0.442. The van der Waals surface area contributed by atoms with Crippen LogP contribution in [0.3, 0.4) is 0 Å². The molecule has 0 aromatic heterocycles. The molecule has 5 nitrogen and oxygen atoms in total. The summed E-state index contributed by atoms with van der Waals surface area (Å²) in [7, 11) is 0. The molecule has 0 saturated heterocycles. The van der Waals surface area contributed by atoms with E-state index in [0.29, 0.717) is 16.5 Å². The SMILES string of the molecule is O=c1c(=NNC(=S)Nc2ccc(F)cc2)c(=O)c2ccccc12. The Balaban J connectivity index is 1.85. The van der Waals surface area contributed by atoms with Gasteiger partial charge in [0, 0.05) is 16.5 Å². The van der Waals surface area contributed by atoms with Crippen molar-refractivity contribution in [2.24, 2.45) is 5.10 Å². The van der Waals surface area contributed by atoms with Crippen molar-refractivity contribution >= 4 is 33.8 Å². The minimum absolute atomic E-state index is 0.0839. The van der Waals surface area contributed by atoms with Crippen LogP contribution in [0.4, 0.5) is 10.1 Å². The summed E-state index contributed by atoms with van der Waals surface area (Å²) in [5, 5.41) is 7.10. The molecule has 23 heavy (non-hydrogen) atoms. The van der Waals surface area contributed by atoms with Crippen LogP contribution in [-0.4, -0.2) is 5.11 Å². The van der Waals surface area contributed by atoms with Gasteiger partial charge < -0.3 is 5.32 Å². The molecule has 3 aromatic carbocycles. The molecule has 2 N–H and O–H groups in total. The predicted octanol–water partition coefficient (Wildman–Crippen LogP) is 1.38. The van der Waals surface area contributed by atoms with Crippen LogP contribution in [-0.2, 0) is 0 Å². The van der Waals surface area contributed by atoms with Gasteiger partial charge in [-0.05, 0) is 36.5 Å². The molecule has 7 heteroatoms. The first-order valence-electron chi connectivity index (χ1n) is 6.65. The maximum atomic E-state index is 12.8. The molecule has 3 aromatic rings. The normalized spacial score (nSPS) is 10.5. The number of rotatable bonds is 2. The van der Waals surface area contributed by atoms with Crippen molar-refractivity contribution < 1.29 is 4.39 Å². The lowest BCUT2D eigenvalue weighted by atomic mass is 10.2. The van der Waals surface area contributed by atoms with E-state index in [1.165, 1.54) is 24.3 Å². The molecule has 0 spiro atoms. The smallest absolute Gasteiger partial charge is 0.217 e. The second-order valence-corrected chi connectivity index (χ2v) is 5.15. The molecule has 0 heterocycles. The van der Waals surface area contributed by atoms with E-state index in [4.69, 9.17) is 12.2 Å². The van der Waals surface area contributed by atoms with Crippen LogP contribution in [0.5, 0.6) is 0 Å². The Morgan fingerprint density at radius 1 is 0.957 bits per heavy atom. The lowest BCUT2D eigenvalue weighted by Gasteiger charge is -2.05. The Bertz CT molecular complexity index is 988. The van der Waals surface area contributed by atoms with Crippen molar-refractivity contribution in [3.8, 4) is 0 Å². The molecule has 3 rings (SSSR count). The molecule has 0 fully saturated rings. The highest BCUT2D eigenvalue weighted by molar-refractivity contribution is 7.80. The van der Waals surface area contributed by atoms with Gasteiger partial charge in [-0.25, -0.2) is 4.39 Å². The number of hydrogen-bond acceptors (Lipinski definition) is 4. The lowest BCUT2D eigenvalue weighted by Crippen LogP contribution is -2.36. The molecule has 0 atom stereocenters. The van der Waals surface area contributed by atoms with Gasteiger partial charge in [-0.1, -0.05) is 24.3 Å². The monoisotopic (exact) mass is 327 g/mol. The fraction of sp³-hybridized carbons (Fsp3) is 0. The largest absolute Gasteiger partial charge is 0.331 e. The first-order valence-corrected chi connectivity index (χ1v) is 7.06. The van der Waals surface area contributed by atoms with Gasteiger partial charge in [0.1, 0.15) is 5.82 Å². The van der Waals surface area contributed by atoms with Gasteiger partial charge in [0.25, 0.3) is 0 Å². The summed E-state index contributed by atoms with van der Waals surface area (Å²) in [6.07, 6.45) is 0. The lowest BCUT2D eigenvalue weighted by molar-refractivity contribution is 0.628. The molecular formula is C16H10FN3O2S. The highest BCUT2D eigenvalue weighted by Gasteiger charge is 2.09. The van der Waals surface area contributed by atoms with Crippen LogP contribution in [0.2, 0.25) is 0 Å². The summed E-state index contributed by atoms with van der Waals surface area (Å²) in [6.45, 7) is 0. The minimum Gasteiger partial charge on any atom is -0.331 e. The van der Waals surface area contributed by atoms with Crippen LogP contribution in [0, 0.1) is 5.82 Å². The first kappa shape index (κ1) is 15.0. The standard InChI is InChI=1S/C16H10FN3O2S/c17-9-5-7-10(8-6-9)18-16(23)20-19-13-14(21)11-3-1-2-4-12(11)15(13)22/h1-8H,(H2,18,20,23). The van der Waals surface area contributed by atoms with E-state index in [9.17, 15) is 14.0 Å². The average molecular weight is 327 g/mol. The Hall–Kier alpha value is -2.93. The number of hydrogen-bond donors (Lipinski definition) is 2. The zero-order valence-electron chi connectivity index (χ0n) is 11.7. The third-order valence-corrected chi connectivity index (χ3v) is 3.41. The van der Waals surface area contributed by atoms with Gasteiger partial charge in [0.2, 0.25) is 10.9 Å². The van der Waals surface area contributed by atoms with E-state index in [1.807, 2.05) is 0 Å². The molecular weight excluding hydrogens is 317 g/mol. The summed E-state index contributed by atoms with van der Waals surface area (Å²) in [6, 6.07) is 12.1. The predicted molar refractivity (Wildman–Crippen MR) is 90.2 cm³/mol. The molecule has 0 amide bonds. The summed E-state index contributed by atoms with van der Waals surface area (Å²) in [4.78, 5) is 24.2. The highest BCUT2D eigenvalue weighted by Crippen LogP contribution is 2.07. The Kier molecular flexibility index (Phi) is 3.94. The Morgan fingerprint density at radius 2 is 1.52 bits per heavy atom. The molecule has 0 aliphatic rings. The van der Waals surface area contributed by atoms with Crippen LogP contribution >= 0.6 is 12.2 Å². The zero-order chi connectivity index (χ0) is 16.4. The summed E-state index contributed by atoms with van der Waals surface area (Å²) < 4.78 is 12.8. The maximum Gasteiger partial charge on any atom is 0.217 e. The Labute approximate surface area is 134 Å². The molecule has 0 bridgehead atoms. The van der Waals surface area contributed by atoms with E-state index in [-0.39, 0.29) is 16.3 Å². The van der Waals surface area contributed by atoms with Gasteiger partial charge in [-0.3, -0.25) is 15.0 Å². The number of anilines is 1. The Morgan fingerprint density at radius 3 is 2.09 bits per heavy atom. The molecule has 0 aliphatic carbocycles. The number of nitrogens with zero attached hydrogens (tertiary/aromatic N) is 1. The van der Waals surface area contributed by atoms with Crippen LogP contribution < -0.4 is 27.0 Å². The average Bonchev–Trinajstić information content (AvgIpc) is 2.80. The van der Waals surface area contributed by atoms with Crippen molar-refractivity contribution in [2.75, 3.05) is 5.32 Å². The second kappa shape index (κ2) is 6.05. The molecule has 114 valence electrons. The van der Waals surface area contributed by atoms with Crippen molar-refractivity contribution in [1.82, 2.24) is 5.43 Å². The van der Waals surface area contributed by atoms with E-state index >= 15 is 0 Å². The molecule has 0 radical (unpaired) electrons. The van der Waals surface area contributed by atoms with Crippen LogP contribution in [0.25, 0.3) is 10.8 Å². The molecule has 0 aliphatic heterocycles. The number of nitrogens with one attached hydrogen (secondary N) is 2. The van der Waals surface area contributed by atoms with E-state index in [0.717, 1.165) is 0 Å². The number of fused-ring (bicyclic) bond motifs is 1. The van der Waals surface area contributed by atoms with Crippen molar-refractivity contribution in [3.63, 3.8) is 0 Å². The number of thiocarbonyl (C=S) groups is 1. The summed E-state index contributed by atoms with van der Waals surface area (Å²) >= 11 is 5.02. The third kappa shape index (κ3) is 3.00. The van der Waals surface area contributed by atoms with Crippen molar-refractivity contribution in [3.05, 3.63) is 80.2 Å². The van der Waals surface area contributed by atoms with E-state index in [2.05, 4.69) is 15.8 Å². The quantitative estimate of drug-likeness (QED) is 0.550. The van der Waals surface area contributed by atoms with Crippen LogP contribution in [0.1, 0.15) is 0 Å². The topological polar surface area (TPSA) is 70.6 Å². The fourth-order valence-corrected chi connectivity index (χ4v) is 2.30. The summed E-state index contributed by atoms with van der Waals surface area (Å²) in [5.74, 6) is -0.366. The third-order valence-electron chi connectivity index (χ3n) is 3.22. The van der Waals surface area contributed by atoms with Gasteiger partial charge in [-0.2, -0.15) is 5.10 Å². The zero-order valence-corrected chi connectivity index (χ0v) is 12.5. The highest BCUT2D eigenvalue weighted by atomic mass is 32.1. The van der Waals surface area contributed by atoms with Gasteiger partial charge in [0.15, 0.2) is 10.5 Å². The fourth-order valence-electron chi connectivity index (χ4n) is 2.14. The van der Waals surface area contributed by atoms with Crippen molar-refractivity contribution in [1.29, 1.82) is 0 Å². The number of halogens is 1. The van der Waals surface area contributed by atoms with Gasteiger partial charge in [-0.15, -0.1) is 0 Å². The van der Waals surface area contributed by atoms with Crippen molar-refractivity contribution in [2.45, 2.75) is 0 Å². The number of benzene rings is 2. The van der Waals surface area contributed by atoms with E-state index in [1.54, 1.807) is 24.3 Å². The van der Waals surface area contributed by atoms with E-state index < -0.39 is 10.9 Å². The van der Waals surface area contributed by atoms with Crippen LogP contribution in [0.15, 0.2) is 63.2 Å². The first-order chi connectivity index (χ1) is 11.1. The second-order valence-electron chi connectivity index (χ2n) is 4.74. The maximum absolute atomic E-state index is 12.8. The van der Waals surface area contributed by atoms with Gasteiger partial charge in [0.05, 0.1) is 0 Å². The summed E-state index contributed by atoms with van der Waals surface area (Å²) in [5.41, 5.74) is 2.12. The molecule has 0 saturated carbocycles.